The number of rotatable bonds is 4. The van der Waals surface area contributed by atoms with E-state index in [-0.39, 0.29) is 51.0 Å². The molecular formula is C24H22Cl2Zr. The van der Waals surface area contributed by atoms with Crippen LogP contribution < -0.4 is 24.8 Å². The maximum absolute atomic E-state index is 2.24. The monoisotopic (exact) mass is 470 g/mol. The topological polar surface area (TPSA) is 0 Å². The molecule has 0 N–H and O–H groups in total. The molecule has 4 rings (SSSR count). The molecule has 0 heterocycles. The second kappa shape index (κ2) is 14.6. The number of fused-ring (bicyclic) bond motifs is 1. The summed E-state index contributed by atoms with van der Waals surface area (Å²) in [4.78, 5) is 0. The quantitative estimate of drug-likeness (QED) is 0.382. The molecule has 136 valence electrons. The standard InChI is InChI=1S/C15H15.C9H7.2ClH.Zr/c1-2-8-14(9-3-1)10-4-5-11-15-12-6-7-13-15;1-2-5-9-7-3-6-8(9)4-1;;;/h1-3,5-9,11-13H,4,10H2;1-7H;2*1H;/q2*-1;;;+4/p-2. The second-order valence-corrected chi connectivity index (χ2v) is 5.80. The van der Waals surface area contributed by atoms with Crippen molar-refractivity contribution in [3.05, 3.63) is 114 Å². The minimum absolute atomic E-state index is 0. The molecule has 0 radical (unpaired) electrons. The molecule has 0 aliphatic rings. The van der Waals surface area contributed by atoms with Gasteiger partial charge in [0.25, 0.3) is 0 Å². The van der Waals surface area contributed by atoms with Crippen molar-refractivity contribution in [1.82, 2.24) is 0 Å². The predicted octanol–water partition coefficient (Wildman–Crippen LogP) is 0.616. The van der Waals surface area contributed by atoms with Crippen molar-refractivity contribution in [3.8, 4) is 0 Å². The Morgan fingerprint density at radius 1 is 0.778 bits per heavy atom. The van der Waals surface area contributed by atoms with Crippen LogP contribution in [0.15, 0.2) is 103 Å². The summed E-state index contributed by atoms with van der Waals surface area (Å²) in [7, 11) is 0. The van der Waals surface area contributed by atoms with E-state index >= 15 is 0 Å². The van der Waals surface area contributed by atoms with Crippen LogP contribution in [-0.2, 0) is 32.6 Å². The van der Waals surface area contributed by atoms with Gasteiger partial charge in [-0.2, -0.15) is 41.3 Å². The summed E-state index contributed by atoms with van der Waals surface area (Å²) in [5.74, 6) is 0. The van der Waals surface area contributed by atoms with E-state index in [1.165, 1.54) is 21.9 Å². The Balaban J connectivity index is 0.000000491. The van der Waals surface area contributed by atoms with Crippen LogP contribution in [0.3, 0.4) is 0 Å². The molecule has 0 atom stereocenters. The molecule has 27 heavy (non-hydrogen) atoms. The van der Waals surface area contributed by atoms with Crippen LogP contribution in [-0.4, -0.2) is 0 Å². The van der Waals surface area contributed by atoms with E-state index < -0.39 is 0 Å². The van der Waals surface area contributed by atoms with Crippen LogP contribution in [0.2, 0.25) is 0 Å². The van der Waals surface area contributed by atoms with E-state index in [1.54, 1.807) is 0 Å². The average Bonchev–Trinajstić information content (AvgIpc) is 3.32. The zero-order valence-corrected chi connectivity index (χ0v) is 19.0. The fourth-order valence-corrected chi connectivity index (χ4v) is 2.68. The average molecular weight is 473 g/mol. The van der Waals surface area contributed by atoms with Crippen molar-refractivity contribution < 1.29 is 51.0 Å². The fourth-order valence-electron chi connectivity index (χ4n) is 2.68. The molecule has 0 saturated heterocycles. The van der Waals surface area contributed by atoms with Crippen molar-refractivity contribution in [2.45, 2.75) is 12.8 Å². The number of halogens is 2. The van der Waals surface area contributed by atoms with Gasteiger partial charge in [0.2, 0.25) is 0 Å². The number of benzene rings is 2. The summed E-state index contributed by atoms with van der Waals surface area (Å²) in [6.07, 6.45) is 6.65. The number of aryl methyl sites for hydroxylation is 1. The van der Waals surface area contributed by atoms with Crippen LogP contribution in [0.25, 0.3) is 16.8 Å². The first-order valence-electron chi connectivity index (χ1n) is 8.44. The summed E-state index contributed by atoms with van der Waals surface area (Å²) in [6.45, 7) is 0. The molecule has 0 aliphatic carbocycles. The van der Waals surface area contributed by atoms with Crippen molar-refractivity contribution >= 4 is 16.8 Å². The van der Waals surface area contributed by atoms with Crippen molar-refractivity contribution in [2.24, 2.45) is 0 Å². The van der Waals surface area contributed by atoms with Gasteiger partial charge in [0.15, 0.2) is 0 Å². The number of hydrogen-bond donors (Lipinski definition) is 0. The van der Waals surface area contributed by atoms with Gasteiger partial charge < -0.3 is 24.8 Å². The Kier molecular flexibility index (Phi) is 13.9. The Morgan fingerprint density at radius 3 is 2.22 bits per heavy atom. The molecule has 3 heteroatoms. The van der Waals surface area contributed by atoms with Gasteiger partial charge in [-0.15, -0.1) is 35.7 Å². The smallest absolute Gasteiger partial charge is 1.00 e. The first-order chi connectivity index (χ1) is 11.9. The molecule has 0 nitrogen and oxygen atoms in total. The van der Waals surface area contributed by atoms with Gasteiger partial charge in [0.1, 0.15) is 0 Å². The molecule has 0 aromatic heterocycles. The molecule has 4 aromatic carbocycles. The van der Waals surface area contributed by atoms with E-state index in [0.717, 1.165) is 12.8 Å². The van der Waals surface area contributed by atoms with Gasteiger partial charge in [-0.3, -0.25) is 0 Å². The van der Waals surface area contributed by atoms with Gasteiger partial charge in [-0.05, 0) is 18.4 Å². The third-order valence-electron chi connectivity index (χ3n) is 3.99. The van der Waals surface area contributed by atoms with Crippen LogP contribution in [0.5, 0.6) is 0 Å². The zero-order valence-electron chi connectivity index (χ0n) is 15.1. The molecule has 0 spiro atoms. The molecule has 0 fully saturated rings. The first-order valence-corrected chi connectivity index (χ1v) is 8.44. The maximum Gasteiger partial charge on any atom is 4.00 e. The van der Waals surface area contributed by atoms with Crippen LogP contribution >= 0.6 is 0 Å². The molecule has 0 bridgehead atoms. The molecule has 0 aliphatic heterocycles. The second-order valence-electron chi connectivity index (χ2n) is 5.80. The minimum atomic E-state index is 0. The van der Waals surface area contributed by atoms with Crippen LogP contribution in [0.4, 0.5) is 0 Å². The Labute approximate surface area is 194 Å². The van der Waals surface area contributed by atoms with E-state index in [4.69, 9.17) is 0 Å². The van der Waals surface area contributed by atoms with Gasteiger partial charge in [-0.1, -0.05) is 42.5 Å². The molecule has 0 saturated carbocycles. The summed E-state index contributed by atoms with van der Waals surface area (Å²) in [6, 6.07) is 33.7. The minimum Gasteiger partial charge on any atom is -1.00 e. The van der Waals surface area contributed by atoms with E-state index in [0.29, 0.717) is 0 Å². The zero-order chi connectivity index (χ0) is 16.5. The largest absolute Gasteiger partial charge is 4.00 e. The van der Waals surface area contributed by atoms with Crippen molar-refractivity contribution in [3.63, 3.8) is 0 Å². The third kappa shape index (κ3) is 8.89. The molecular weight excluding hydrogens is 450 g/mol. The Morgan fingerprint density at radius 2 is 1.52 bits per heavy atom. The van der Waals surface area contributed by atoms with Crippen molar-refractivity contribution in [2.75, 3.05) is 0 Å². The van der Waals surface area contributed by atoms with Gasteiger partial charge in [-0.25, -0.2) is 6.07 Å². The molecule has 4 aromatic rings. The Hall–Kier alpha value is -1.40. The number of hydrogen-bond acceptors (Lipinski definition) is 0. The van der Waals surface area contributed by atoms with E-state index in [9.17, 15) is 0 Å². The van der Waals surface area contributed by atoms with E-state index in [1.807, 2.05) is 0 Å². The SMILES string of the molecule is C(=Cc1cc[cH-]c1)CCc1ccccc1.[Cl-].[Cl-].[Zr+4].c1ccc2[cH-]ccc2c1. The van der Waals surface area contributed by atoms with Gasteiger partial charge in [0, 0.05) is 0 Å². The first kappa shape index (κ1) is 25.6. The predicted molar refractivity (Wildman–Crippen MR) is 105 cm³/mol. The van der Waals surface area contributed by atoms with E-state index in [2.05, 4.69) is 109 Å². The normalized spacial score (nSPS) is 9.48. The maximum atomic E-state index is 2.24. The summed E-state index contributed by atoms with van der Waals surface area (Å²) in [5.41, 5.74) is 2.70. The fraction of sp³-hybridized carbons (Fsp3) is 0.0833. The number of allylic oxidation sites excluding steroid dienone is 1. The van der Waals surface area contributed by atoms with Crippen molar-refractivity contribution in [1.29, 1.82) is 0 Å². The Bertz CT molecular complexity index is 831. The van der Waals surface area contributed by atoms with Gasteiger partial charge in [0.05, 0.1) is 0 Å². The summed E-state index contributed by atoms with van der Waals surface area (Å²) >= 11 is 0. The van der Waals surface area contributed by atoms with Gasteiger partial charge >= 0.3 is 26.2 Å². The molecule has 0 unspecified atom stereocenters. The van der Waals surface area contributed by atoms with Crippen LogP contribution in [0.1, 0.15) is 17.5 Å². The summed E-state index contributed by atoms with van der Waals surface area (Å²) < 4.78 is 0. The third-order valence-corrected chi connectivity index (χ3v) is 3.99. The molecule has 0 amide bonds. The van der Waals surface area contributed by atoms with Crippen LogP contribution in [0, 0.1) is 0 Å². The summed E-state index contributed by atoms with van der Waals surface area (Å²) in [5, 5.41) is 2.66.